The Bertz CT molecular complexity index is 705. The minimum Gasteiger partial charge on any atom is -0.273 e. The molecule has 1 amide bonds. The average molecular weight is 286 g/mol. The molecule has 0 fully saturated rings. The van der Waals surface area contributed by atoms with Crippen LogP contribution in [0.4, 0.5) is 0 Å². The molecule has 20 heavy (non-hydrogen) atoms. The Kier molecular flexibility index (Phi) is 3.10. The first-order chi connectivity index (χ1) is 9.59. The Hall–Kier alpha value is -2.08. The minimum atomic E-state index is -0.0624. The van der Waals surface area contributed by atoms with Crippen LogP contribution in [-0.2, 0) is 4.79 Å². The van der Waals surface area contributed by atoms with Crippen molar-refractivity contribution >= 4 is 23.4 Å². The first-order valence-electron chi connectivity index (χ1n) is 6.26. The standard InChI is InChI=1S/C14H14N4OS/c1-9-13(12-7-5-4-6-8-12)18(11(3)19)17-10(2)15-16-14(17)20-9/h4-8H,1-3H3. The topological polar surface area (TPSA) is 51.0 Å². The number of nitrogens with zero attached hydrogens (tertiary/aromatic N) is 4. The number of thioether (sulfide) groups is 1. The van der Waals surface area contributed by atoms with E-state index in [1.165, 1.54) is 11.8 Å². The molecule has 1 aromatic heterocycles. The van der Waals surface area contributed by atoms with Crippen LogP contribution < -0.4 is 5.01 Å². The van der Waals surface area contributed by atoms with Crippen LogP contribution in [-0.4, -0.2) is 20.8 Å². The summed E-state index contributed by atoms with van der Waals surface area (Å²) in [4.78, 5) is 13.2. The molecule has 2 heterocycles. The van der Waals surface area contributed by atoms with Crippen molar-refractivity contribution in [2.75, 3.05) is 5.01 Å². The summed E-state index contributed by atoms with van der Waals surface area (Å²) in [6.07, 6.45) is 0. The molecule has 102 valence electrons. The van der Waals surface area contributed by atoms with Gasteiger partial charge in [0.15, 0.2) is 5.82 Å². The van der Waals surface area contributed by atoms with Gasteiger partial charge in [-0.25, -0.2) is 9.69 Å². The van der Waals surface area contributed by atoms with Crippen molar-refractivity contribution in [3.8, 4) is 0 Å². The van der Waals surface area contributed by atoms with E-state index in [-0.39, 0.29) is 5.91 Å². The summed E-state index contributed by atoms with van der Waals surface area (Å²) in [6.45, 7) is 5.39. The molecule has 0 spiro atoms. The van der Waals surface area contributed by atoms with Crippen molar-refractivity contribution < 1.29 is 4.79 Å². The molecule has 5 nitrogen and oxygen atoms in total. The van der Waals surface area contributed by atoms with E-state index in [0.717, 1.165) is 21.3 Å². The molecule has 6 heteroatoms. The van der Waals surface area contributed by atoms with Gasteiger partial charge in [-0.2, -0.15) is 0 Å². The summed E-state index contributed by atoms with van der Waals surface area (Å²) in [5.74, 6) is 0.635. The highest BCUT2D eigenvalue weighted by molar-refractivity contribution is 8.03. The predicted octanol–water partition coefficient (Wildman–Crippen LogP) is 2.57. The molecular formula is C14H14N4OS. The molecule has 1 aromatic carbocycles. The van der Waals surface area contributed by atoms with Gasteiger partial charge in [0.05, 0.1) is 5.70 Å². The zero-order chi connectivity index (χ0) is 14.3. The second-order valence-electron chi connectivity index (χ2n) is 4.55. The Labute approximate surface area is 121 Å². The number of amides is 1. The largest absolute Gasteiger partial charge is 0.273 e. The normalized spacial score (nSPS) is 14.4. The van der Waals surface area contributed by atoms with Crippen molar-refractivity contribution in [1.29, 1.82) is 0 Å². The molecule has 1 aliphatic rings. The van der Waals surface area contributed by atoms with Crippen LogP contribution in [0.25, 0.3) is 5.70 Å². The first-order valence-corrected chi connectivity index (χ1v) is 7.08. The van der Waals surface area contributed by atoms with Gasteiger partial charge in [0.25, 0.3) is 0 Å². The summed E-state index contributed by atoms with van der Waals surface area (Å²) < 4.78 is 1.77. The summed E-state index contributed by atoms with van der Waals surface area (Å²) in [5.41, 5.74) is 1.89. The highest BCUT2D eigenvalue weighted by Gasteiger charge is 2.30. The lowest BCUT2D eigenvalue weighted by atomic mass is 10.1. The number of hydrogen-bond acceptors (Lipinski definition) is 4. The van der Waals surface area contributed by atoms with Crippen molar-refractivity contribution in [1.82, 2.24) is 14.9 Å². The van der Waals surface area contributed by atoms with Crippen LogP contribution in [0, 0.1) is 6.92 Å². The lowest BCUT2D eigenvalue weighted by Gasteiger charge is -2.31. The van der Waals surface area contributed by atoms with Gasteiger partial charge in [0.2, 0.25) is 11.1 Å². The smallest absolute Gasteiger partial charge is 0.243 e. The molecule has 0 saturated heterocycles. The first kappa shape index (κ1) is 12.9. The Morgan fingerprint density at radius 3 is 2.50 bits per heavy atom. The van der Waals surface area contributed by atoms with Gasteiger partial charge >= 0.3 is 0 Å². The second-order valence-corrected chi connectivity index (χ2v) is 5.73. The van der Waals surface area contributed by atoms with E-state index in [4.69, 9.17) is 0 Å². The van der Waals surface area contributed by atoms with Gasteiger partial charge in [-0.3, -0.25) is 4.79 Å². The molecule has 2 aromatic rings. The van der Waals surface area contributed by atoms with Crippen LogP contribution in [0.3, 0.4) is 0 Å². The Balaban J connectivity index is 2.22. The van der Waals surface area contributed by atoms with Crippen LogP contribution in [0.15, 0.2) is 40.4 Å². The van der Waals surface area contributed by atoms with Gasteiger partial charge in [-0.15, -0.1) is 10.2 Å². The third-order valence-electron chi connectivity index (χ3n) is 3.10. The van der Waals surface area contributed by atoms with E-state index in [2.05, 4.69) is 10.2 Å². The predicted molar refractivity (Wildman–Crippen MR) is 78.6 cm³/mol. The third kappa shape index (κ3) is 1.92. The molecule has 0 aliphatic carbocycles. The minimum absolute atomic E-state index is 0.0624. The number of hydrogen-bond donors (Lipinski definition) is 0. The lowest BCUT2D eigenvalue weighted by Crippen LogP contribution is -2.40. The summed E-state index contributed by atoms with van der Waals surface area (Å²) in [7, 11) is 0. The van der Waals surface area contributed by atoms with Gasteiger partial charge in [0.1, 0.15) is 0 Å². The zero-order valence-electron chi connectivity index (χ0n) is 11.5. The van der Waals surface area contributed by atoms with Gasteiger partial charge in [-0.05, 0) is 13.8 Å². The van der Waals surface area contributed by atoms with E-state index >= 15 is 0 Å². The number of allylic oxidation sites excluding steroid dienone is 1. The zero-order valence-corrected chi connectivity index (χ0v) is 12.3. The molecular weight excluding hydrogens is 272 g/mol. The number of fused-ring (bicyclic) bond motifs is 1. The maximum absolute atomic E-state index is 12.1. The van der Waals surface area contributed by atoms with Gasteiger partial charge in [-0.1, -0.05) is 42.1 Å². The summed E-state index contributed by atoms with van der Waals surface area (Å²) in [5, 5.41) is 10.5. The number of aromatic nitrogens is 3. The van der Waals surface area contributed by atoms with E-state index in [1.54, 1.807) is 16.6 Å². The highest BCUT2D eigenvalue weighted by atomic mass is 32.2. The molecule has 0 atom stereocenters. The van der Waals surface area contributed by atoms with Crippen LogP contribution in [0.1, 0.15) is 25.2 Å². The van der Waals surface area contributed by atoms with E-state index in [1.807, 2.05) is 44.2 Å². The summed E-state index contributed by atoms with van der Waals surface area (Å²) >= 11 is 1.53. The number of carbonyl (C=O) groups is 1. The molecule has 1 aliphatic heterocycles. The number of carbonyl (C=O) groups excluding carboxylic acids is 1. The van der Waals surface area contributed by atoms with Crippen LogP contribution >= 0.6 is 11.8 Å². The SMILES string of the molecule is CC(=O)N1C(c2ccccc2)=C(C)Sc2nnc(C)n21. The quantitative estimate of drug-likeness (QED) is 0.808. The molecule has 0 N–H and O–H groups in total. The van der Waals surface area contributed by atoms with E-state index in [0.29, 0.717) is 5.82 Å². The van der Waals surface area contributed by atoms with Crippen LogP contribution in [0.2, 0.25) is 0 Å². The third-order valence-corrected chi connectivity index (χ3v) is 4.04. The highest BCUT2D eigenvalue weighted by Crippen LogP contribution is 2.38. The van der Waals surface area contributed by atoms with Crippen molar-refractivity contribution in [2.24, 2.45) is 0 Å². The number of aryl methyl sites for hydroxylation is 1. The molecule has 0 unspecified atom stereocenters. The average Bonchev–Trinajstić information content (AvgIpc) is 2.79. The molecule has 0 bridgehead atoms. The van der Waals surface area contributed by atoms with Gasteiger partial charge < -0.3 is 0 Å². The Morgan fingerprint density at radius 2 is 1.85 bits per heavy atom. The summed E-state index contributed by atoms with van der Waals surface area (Å²) in [6, 6.07) is 9.89. The van der Waals surface area contributed by atoms with Crippen molar-refractivity contribution in [2.45, 2.75) is 25.9 Å². The maximum Gasteiger partial charge on any atom is 0.243 e. The van der Waals surface area contributed by atoms with Gasteiger partial charge in [0, 0.05) is 17.4 Å². The second kappa shape index (κ2) is 4.79. The fraction of sp³-hybridized carbons (Fsp3) is 0.214. The van der Waals surface area contributed by atoms with E-state index < -0.39 is 0 Å². The number of benzene rings is 1. The van der Waals surface area contributed by atoms with Crippen molar-refractivity contribution in [3.05, 3.63) is 46.6 Å². The monoisotopic (exact) mass is 286 g/mol. The fourth-order valence-electron chi connectivity index (χ4n) is 2.29. The molecule has 0 radical (unpaired) electrons. The molecule has 3 rings (SSSR count). The molecule has 0 saturated carbocycles. The number of rotatable bonds is 1. The fourth-order valence-corrected chi connectivity index (χ4v) is 3.24. The maximum atomic E-state index is 12.1. The van der Waals surface area contributed by atoms with E-state index in [9.17, 15) is 4.79 Å². The van der Waals surface area contributed by atoms with Crippen molar-refractivity contribution in [3.63, 3.8) is 0 Å². The lowest BCUT2D eigenvalue weighted by molar-refractivity contribution is -0.117. The van der Waals surface area contributed by atoms with Crippen LogP contribution in [0.5, 0.6) is 0 Å². The Morgan fingerprint density at radius 1 is 1.15 bits per heavy atom.